The van der Waals surface area contributed by atoms with E-state index in [1.54, 1.807) is 0 Å². The van der Waals surface area contributed by atoms with Gasteiger partial charge in [-0.25, -0.2) is 0 Å². The van der Waals surface area contributed by atoms with Gasteiger partial charge in [0.15, 0.2) is 0 Å². The first kappa shape index (κ1) is 10.9. The van der Waals surface area contributed by atoms with Gasteiger partial charge < -0.3 is 10.2 Å². The number of hydrogen-bond acceptors (Lipinski definition) is 2. The second-order valence-electron chi connectivity index (χ2n) is 3.17. The topological polar surface area (TPSA) is 40.5 Å². The van der Waals surface area contributed by atoms with Crippen molar-refractivity contribution in [3.05, 3.63) is 0 Å². The van der Waals surface area contributed by atoms with Crippen molar-refractivity contribution in [2.45, 2.75) is 45.6 Å². The highest BCUT2D eigenvalue weighted by Gasteiger charge is 2.10. The highest BCUT2D eigenvalue weighted by molar-refractivity contribution is 4.62. The fourth-order valence-electron chi connectivity index (χ4n) is 1.17. The summed E-state index contributed by atoms with van der Waals surface area (Å²) in [6.45, 7) is 4.33. The maximum atomic E-state index is 9.36. The summed E-state index contributed by atoms with van der Waals surface area (Å²) in [5.74, 6) is 0.381. The van der Waals surface area contributed by atoms with E-state index in [1.165, 1.54) is 0 Å². The summed E-state index contributed by atoms with van der Waals surface area (Å²) in [7, 11) is 0. The van der Waals surface area contributed by atoms with Crippen LogP contribution in [0.4, 0.5) is 0 Å². The molecule has 0 rings (SSSR count). The predicted octanol–water partition coefficient (Wildman–Crippen LogP) is 1.56. The molecule has 2 nitrogen and oxygen atoms in total. The van der Waals surface area contributed by atoms with Crippen molar-refractivity contribution < 1.29 is 10.2 Å². The first-order chi connectivity index (χ1) is 5.22. The number of aliphatic hydroxyl groups excluding tert-OH is 2. The molecule has 2 N–H and O–H groups in total. The highest BCUT2D eigenvalue weighted by Crippen LogP contribution is 2.13. The summed E-state index contributed by atoms with van der Waals surface area (Å²) in [6, 6.07) is 0. The van der Waals surface area contributed by atoms with Gasteiger partial charge in [-0.05, 0) is 25.2 Å². The van der Waals surface area contributed by atoms with E-state index in [0.717, 1.165) is 25.7 Å². The lowest BCUT2D eigenvalue weighted by Gasteiger charge is -2.16. The largest absolute Gasteiger partial charge is 0.396 e. The van der Waals surface area contributed by atoms with Crippen LogP contribution >= 0.6 is 0 Å². The Hall–Kier alpha value is -0.0800. The van der Waals surface area contributed by atoms with E-state index in [4.69, 9.17) is 5.11 Å². The van der Waals surface area contributed by atoms with Crippen LogP contribution in [0.2, 0.25) is 0 Å². The van der Waals surface area contributed by atoms with Crippen LogP contribution in [0.5, 0.6) is 0 Å². The lowest BCUT2D eigenvalue weighted by molar-refractivity contribution is 0.105. The lowest BCUT2D eigenvalue weighted by Crippen LogP contribution is -2.16. The summed E-state index contributed by atoms with van der Waals surface area (Å²) < 4.78 is 0. The minimum absolute atomic E-state index is 0.159. The maximum Gasteiger partial charge on any atom is 0.0563 e. The van der Waals surface area contributed by atoms with Gasteiger partial charge in [-0.1, -0.05) is 20.3 Å². The Bertz CT molecular complexity index is 83.6. The van der Waals surface area contributed by atoms with E-state index in [9.17, 15) is 5.11 Å². The molecule has 68 valence electrons. The Balaban J connectivity index is 3.28. The second-order valence-corrected chi connectivity index (χ2v) is 3.17. The van der Waals surface area contributed by atoms with Crippen LogP contribution < -0.4 is 0 Å². The van der Waals surface area contributed by atoms with Gasteiger partial charge in [-0.2, -0.15) is 0 Å². The van der Waals surface area contributed by atoms with E-state index in [-0.39, 0.29) is 12.7 Å². The molecule has 0 bridgehead atoms. The second kappa shape index (κ2) is 6.62. The van der Waals surface area contributed by atoms with E-state index in [1.807, 2.05) is 6.92 Å². The molecule has 0 aromatic rings. The molecule has 2 atom stereocenters. The standard InChI is InChI=1S/C9H20O2/c1-3-9(11)8(2)6-4-5-7-10/h8-11H,3-7H2,1-2H3. The maximum absolute atomic E-state index is 9.36. The molecule has 2 unspecified atom stereocenters. The molecule has 0 saturated heterocycles. The molecular weight excluding hydrogens is 140 g/mol. The fraction of sp³-hybridized carbons (Fsp3) is 1.00. The van der Waals surface area contributed by atoms with Crippen molar-refractivity contribution in [3.8, 4) is 0 Å². The van der Waals surface area contributed by atoms with Crippen molar-refractivity contribution in [1.29, 1.82) is 0 Å². The zero-order valence-electron chi connectivity index (χ0n) is 7.58. The number of rotatable bonds is 6. The zero-order valence-corrected chi connectivity index (χ0v) is 7.58. The van der Waals surface area contributed by atoms with Gasteiger partial charge in [-0.15, -0.1) is 0 Å². The Morgan fingerprint density at radius 1 is 1.27 bits per heavy atom. The predicted molar refractivity (Wildman–Crippen MR) is 46.4 cm³/mol. The average Bonchev–Trinajstić information content (AvgIpc) is 2.03. The SMILES string of the molecule is CCC(O)C(C)CCCCO. The van der Waals surface area contributed by atoms with Crippen molar-refractivity contribution in [2.24, 2.45) is 5.92 Å². The van der Waals surface area contributed by atoms with Crippen LogP contribution in [0.15, 0.2) is 0 Å². The molecule has 0 aliphatic rings. The molecular formula is C9H20O2. The van der Waals surface area contributed by atoms with Crippen molar-refractivity contribution in [2.75, 3.05) is 6.61 Å². The van der Waals surface area contributed by atoms with Gasteiger partial charge in [0, 0.05) is 6.61 Å². The van der Waals surface area contributed by atoms with Crippen molar-refractivity contribution in [1.82, 2.24) is 0 Å². The Morgan fingerprint density at radius 2 is 1.91 bits per heavy atom. The van der Waals surface area contributed by atoms with Crippen LogP contribution in [0.1, 0.15) is 39.5 Å². The third kappa shape index (κ3) is 5.22. The Morgan fingerprint density at radius 3 is 2.36 bits per heavy atom. The smallest absolute Gasteiger partial charge is 0.0563 e. The van der Waals surface area contributed by atoms with Gasteiger partial charge in [-0.3, -0.25) is 0 Å². The summed E-state index contributed by atoms with van der Waals surface area (Å²) in [4.78, 5) is 0. The van der Waals surface area contributed by atoms with Crippen LogP contribution in [-0.4, -0.2) is 22.9 Å². The molecule has 0 heterocycles. The third-order valence-corrected chi connectivity index (χ3v) is 2.14. The third-order valence-electron chi connectivity index (χ3n) is 2.14. The Labute approximate surface area is 69.2 Å². The molecule has 0 fully saturated rings. The summed E-state index contributed by atoms with van der Waals surface area (Å²) in [5, 5.41) is 17.9. The summed E-state index contributed by atoms with van der Waals surface area (Å²) >= 11 is 0. The molecule has 0 aliphatic heterocycles. The van der Waals surface area contributed by atoms with E-state index < -0.39 is 0 Å². The fourth-order valence-corrected chi connectivity index (χ4v) is 1.17. The molecule has 11 heavy (non-hydrogen) atoms. The molecule has 0 spiro atoms. The lowest BCUT2D eigenvalue weighted by atomic mass is 9.96. The molecule has 0 amide bonds. The normalized spacial score (nSPS) is 16.4. The van der Waals surface area contributed by atoms with Crippen LogP contribution in [0, 0.1) is 5.92 Å². The van der Waals surface area contributed by atoms with E-state index in [2.05, 4.69) is 6.92 Å². The first-order valence-electron chi connectivity index (χ1n) is 4.51. The van der Waals surface area contributed by atoms with Gasteiger partial charge in [0.2, 0.25) is 0 Å². The van der Waals surface area contributed by atoms with Gasteiger partial charge >= 0.3 is 0 Å². The van der Waals surface area contributed by atoms with E-state index >= 15 is 0 Å². The minimum atomic E-state index is -0.159. The number of unbranched alkanes of at least 4 members (excludes halogenated alkanes) is 1. The molecule has 0 aromatic heterocycles. The molecule has 2 heteroatoms. The summed E-state index contributed by atoms with van der Waals surface area (Å²) in [6.07, 6.45) is 3.58. The number of aliphatic hydroxyl groups is 2. The Kier molecular flexibility index (Phi) is 6.57. The minimum Gasteiger partial charge on any atom is -0.396 e. The van der Waals surface area contributed by atoms with Gasteiger partial charge in [0.05, 0.1) is 6.10 Å². The average molecular weight is 160 g/mol. The van der Waals surface area contributed by atoms with Gasteiger partial charge in [0.25, 0.3) is 0 Å². The number of hydrogen-bond donors (Lipinski definition) is 2. The molecule has 0 radical (unpaired) electrons. The van der Waals surface area contributed by atoms with Crippen LogP contribution in [0.3, 0.4) is 0 Å². The van der Waals surface area contributed by atoms with Crippen LogP contribution in [0.25, 0.3) is 0 Å². The van der Waals surface area contributed by atoms with Gasteiger partial charge in [0.1, 0.15) is 0 Å². The van der Waals surface area contributed by atoms with Crippen LogP contribution in [-0.2, 0) is 0 Å². The highest BCUT2D eigenvalue weighted by atomic mass is 16.3. The first-order valence-corrected chi connectivity index (χ1v) is 4.51. The van der Waals surface area contributed by atoms with E-state index in [0.29, 0.717) is 5.92 Å². The zero-order chi connectivity index (χ0) is 8.69. The molecule has 0 saturated carbocycles. The van der Waals surface area contributed by atoms with Crippen molar-refractivity contribution in [3.63, 3.8) is 0 Å². The quantitative estimate of drug-likeness (QED) is 0.579. The molecule has 0 aromatic carbocycles. The molecule has 0 aliphatic carbocycles. The van der Waals surface area contributed by atoms with Crippen molar-refractivity contribution >= 4 is 0 Å². The summed E-state index contributed by atoms with van der Waals surface area (Å²) in [5.41, 5.74) is 0. The monoisotopic (exact) mass is 160 g/mol.